The predicted octanol–water partition coefficient (Wildman–Crippen LogP) is 1.74. The van der Waals surface area contributed by atoms with Crippen LogP contribution in [-0.4, -0.2) is 34.3 Å². The number of nitrogens with zero attached hydrogens (tertiary/aromatic N) is 2. The van der Waals surface area contributed by atoms with Crippen LogP contribution in [0.4, 0.5) is 11.5 Å². The lowest BCUT2D eigenvalue weighted by Gasteiger charge is -2.18. The third-order valence-corrected chi connectivity index (χ3v) is 2.37. The highest BCUT2D eigenvalue weighted by Crippen LogP contribution is 2.25. The number of halogens is 1. The lowest BCUT2D eigenvalue weighted by atomic mass is 10.1. The molecule has 0 unspecified atom stereocenters. The Labute approximate surface area is 100 Å². The van der Waals surface area contributed by atoms with Crippen molar-refractivity contribution >= 4 is 23.1 Å². The van der Waals surface area contributed by atoms with Gasteiger partial charge in [-0.1, -0.05) is 11.6 Å². The molecule has 1 aromatic rings. The van der Waals surface area contributed by atoms with Crippen LogP contribution in [0.5, 0.6) is 0 Å². The number of nitrogens with one attached hydrogen (secondary N) is 2. The largest absolute Gasteiger partial charge is 0.390 e. The predicted molar refractivity (Wildman–Crippen MR) is 66.0 cm³/mol. The molecule has 1 aromatic heterocycles. The fourth-order valence-corrected chi connectivity index (χ4v) is 1.43. The molecule has 0 spiro atoms. The van der Waals surface area contributed by atoms with Crippen LogP contribution in [0.3, 0.4) is 0 Å². The summed E-state index contributed by atoms with van der Waals surface area (Å²) in [5, 5.41) is 16.0. The van der Waals surface area contributed by atoms with Crippen molar-refractivity contribution in [3.05, 3.63) is 11.5 Å². The van der Waals surface area contributed by atoms with Gasteiger partial charge in [-0.05, 0) is 20.3 Å². The van der Waals surface area contributed by atoms with Gasteiger partial charge in [0.2, 0.25) is 0 Å². The van der Waals surface area contributed by atoms with E-state index in [0.29, 0.717) is 29.6 Å². The average Bonchev–Trinajstić information content (AvgIpc) is 2.16. The molecule has 0 aliphatic carbocycles. The van der Waals surface area contributed by atoms with Crippen molar-refractivity contribution in [2.75, 3.05) is 24.2 Å². The zero-order valence-electron chi connectivity index (χ0n) is 9.71. The van der Waals surface area contributed by atoms with Gasteiger partial charge in [0.05, 0.1) is 5.60 Å². The first-order valence-electron chi connectivity index (χ1n) is 5.08. The van der Waals surface area contributed by atoms with Crippen LogP contribution in [0, 0.1) is 0 Å². The summed E-state index contributed by atoms with van der Waals surface area (Å²) in [4.78, 5) is 7.95. The first-order valence-corrected chi connectivity index (χ1v) is 5.46. The summed E-state index contributed by atoms with van der Waals surface area (Å²) in [6, 6.07) is 0. The van der Waals surface area contributed by atoms with Gasteiger partial charge in [-0.3, -0.25) is 0 Å². The summed E-state index contributed by atoms with van der Waals surface area (Å²) in [5.41, 5.74) is -0.0243. The van der Waals surface area contributed by atoms with Gasteiger partial charge in [-0.15, -0.1) is 0 Å². The molecular weight excluding hydrogens is 228 g/mol. The van der Waals surface area contributed by atoms with Crippen molar-refractivity contribution in [1.82, 2.24) is 9.97 Å². The number of hydrogen-bond donors (Lipinski definition) is 3. The topological polar surface area (TPSA) is 70.1 Å². The Morgan fingerprint density at radius 3 is 2.69 bits per heavy atom. The molecule has 0 atom stereocenters. The molecule has 0 amide bonds. The first kappa shape index (κ1) is 13.0. The molecule has 1 heterocycles. The molecule has 0 aliphatic rings. The average molecular weight is 245 g/mol. The second-order valence-electron chi connectivity index (χ2n) is 4.13. The maximum absolute atomic E-state index is 9.56. The molecule has 0 aromatic carbocycles. The highest BCUT2D eigenvalue weighted by Gasteiger charge is 2.13. The van der Waals surface area contributed by atoms with Gasteiger partial charge < -0.3 is 15.7 Å². The fraction of sp³-hybridized carbons (Fsp3) is 0.600. The molecule has 0 aliphatic heterocycles. The van der Waals surface area contributed by atoms with E-state index in [1.54, 1.807) is 20.9 Å². The van der Waals surface area contributed by atoms with E-state index in [1.807, 2.05) is 0 Å². The van der Waals surface area contributed by atoms with E-state index in [1.165, 1.54) is 6.33 Å². The maximum atomic E-state index is 9.56. The molecule has 5 nitrogen and oxygen atoms in total. The molecule has 0 saturated heterocycles. The van der Waals surface area contributed by atoms with Crippen molar-refractivity contribution in [3.8, 4) is 0 Å². The summed E-state index contributed by atoms with van der Waals surface area (Å²) >= 11 is 5.90. The normalized spacial score (nSPS) is 11.3. The van der Waals surface area contributed by atoms with Gasteiger partial charge in [0.1, 0.15) is 12.0 Å². The van der Waals surface area contributed by atoms with E-state index in [9.17, 15) is 5.11 Å². The maximum Gasteiger partial charge on any atom is 0.157 e. The number of aliphatic hydroxyl groups is 1. The van der Waals surface area contributed by atoms with Gasteiger partial charge in [0.25, 0.3) is 0 Å². The summed E-state index contributed by atoms with van der Waals surface area (Å²) in [6.07, 6.45) is 2.02. The Bertz CT molecular complexity index is 351. The molecule has 0 fully saturated rings. The second kappa shape index (κ2) is 5.32. The van der Waals surface area contributed by atoms with Crippen LogP contribution in [0.15, 0.2) is 6.33 Å². The molecule has 3 N–H and O–H groups in total. The highest BCUT2D eigenvalue weighted by molar-refractivity contribution is 6.32. The van der Waals surface area contributed by atoms with E-state index in [-0.39, 0.29) is 0 Å². The molecule has 0 radical (unpaired) electrons. The third-order valence-electron chi connectivity index (χ3n) is 2.08. The van der Waals surface area contributed by atoms with Crippen molar-refractivity contribution in [1.29, 1.82) is 0 Å². The molecule has 0 bridgehead atoms. The molecule has 0 saturated carbocycles. The molecule has 90 valence electrons. The Kier molecular flexibility index (Phi) is 4.32. The van der Waals surface area contributed by atoms with Crippen molar-refractivity contribution in [2.45, 2.75) is 25.9 Å². The summed E-state index contributed by atoms with van der Waals surface area (Å²) in [5.74, 6) is 0.645. The quantitative estimate of drug-likeness (QED) is 0.689. The molecule has 6 heteroatoms. The third kappa shape index (κ3) is 3.83. The van der Waals surface area contributed by atoms with E-state index >= 15 is 0 Å². The lowest BCUT2D eigenvalue weighted by Crippen LogP contribution is -2.23. The number of rotatable bonds is 5. The zero-order chi connectivity index (χ0) is 12.2. The van der Waals surface area contributed by atoms with Crippen molar-refractivity contribution < 1.29 is 5.11 Å². The zero-order valence-corrected chi connectivity index (χ0v) is 10.5. The Balaban J connectivity index is 2.64. The van der Waals surface area contributed by atoms with Crippen molar-refractivity contribution in [2.24, 2.45) is 0 Å². The lowest BCUT2D eigenvalue weighted by molar-refractivity contribution is 0.0748. The Morgan fingerprint density at radius 1 is 1.44 bits per heavy atom. The van der Waals surface area contributed by atoms with Crippen LogP contribution >= 0.6 is 11.6 Å². The summed E-state index contributed by atoms with van der Waals surface area (Å²) in [6.45, 7) is 4.15. The monoisotopic (exact) mass is 244 g/mol. The smallest absolute Gasteiger partial charge is 0.157 e. The molecular formula is C10H17ClN4O. The van der Waals surface area contributed by atoms with Crippen molar-refractivity contribution in [3.63, 3.8) is 0 Å². The van der Waals surface area contributed by atoms with Crippen LogP contribution in [-0.2, 0) is 0 Å². The molecule has 16 heavy (non-hydrogen) atoms. The van der Waals surface area contributed by atoms with Gasteiger partial charge in [-0.2, -0.15) is 0 Å². The van der Waals surface area contributed by atoms with Crippen LogP contribution in [0.1, 0.15) is 20.3 Å². The fourth-order valence-electron chi connectivity index (χ4n) is 1.21. The van der Waals surface area contributed by atoms with E-state index in [4.69, 9.17) is 11.6 Å². The van der Waals surface area contributed by atoms with E-state index < -0.39 is 5.60 Å². The van der Waals surface area contributed by atoms with Gasteiger partial charge in [0.15, 0.2) is 11.0 Å². The van der Waals surface area contributed by atoms with Crippen LogP contribution < -0.4 is 10.6 Å². The number of aromatic nitrogens is 2. The van der Waals surface area contributed by atoms with Gasteiger partial charge in [-0.25, -0.2) is 9.97 Å². The SMILES string of the molecule is CNc1c(Cl)ncnc1NCCC(C)(C)O. The van der Waals surface area contributed by atoms with E-state index in [2.05, 4.69) is 20.6 Å². The first-order chi connectivity index (χ1) is 7.44. The van der Waals surface area contributed by atoms with Crippen LogP contribution in [0.25, 0.3) is 0 Å². The van der Waals surface area contributed by atoms with Gasteiger partial charge >= 0.3 is 0 Å². The summed E-state index contributed by atoms with van der Waals surface area (Å²) < 4.78 is 0. The summed E-state index contributed by atoms with van der Waals surface area (Å²) in [7, 11) is 1.76. The number of anilines is 2. The Hall–Kier alpha value is -1.07. The minimum atomic E-state index is -0.691. The Morgan fingerprint density at radius 2 is 2.12 bits per heavy atom. The standard InChI is InChI=1S/C10H17ClN4O/c1-10(2,16)4-5-13-9-7(12-3)8(11)14-6-15-9/h6,12,16H,4-5H2,1-3H3,(H,13,14,15). The van der Waals surface area contributed by atoms with Gasteiger partial charge in [0, 0.05) is 13.6 Å². The number of hydrogen-bond acceptors (Lipinski definition) is 5. The minimum absolute atomic E-state index is 0.378. The van der Waals surface area contributed by atoms with Crippen LogP contribution in [0.2, 0.25) is 5.15 Å². The second-order valence-corrected chi connectivity index (χ2v) is 4.49. The highest BCUT2D eigenvalue weighted by atomic mass is 35.5. The van der Waals surface area contributed by atoms with E-state index in [0.717, 1.165) is 0 Å². The minimum Gasteiger partial charge on any atom is -0.390 e. The molecule has 1 rings (SSSR count).